The summed E-state index contributed by atoms with van der Waals surface area (Å²) in [5.41, 5.74) is 1.82. The molecule has 2 N–H and O–H groups in total. The van der Waals surface area contributed by atoms with Crippen LogP contribution in [0.4, 0.5) is 11.4 Å². The van der Waals surface area contributed by atoms with Gasteiger partial charge in [-0.1, -0.05) is 20.8 Å². The predicted molar refractivity (Wildman–Crippen MR) is 79.4 cm³/mol. The molecule has 0 radical (unpaired) electrons. The highest BCUT2D eigenvalue weighted by atomic mass is 16.3. The Kier molecular flexibility index (Phi) is 5.83. The zero-order chi connectivity index (χ0) is 14.4. The van der Waals surface area contributed by atoms with E-state index < -0.39 is 0 Å². The average Bonchev–Trinajstić information content (AvgIpc) is 2.38. The van der Waals surface area contributed by atoms with E-state index in [2.05, 4.69) is 5.32 Å². The minimum atomic E-state index is -0.00302. The van der Waals surface area contributed by atoms with E-state index in [1.54, 1.807) is 0 Å². The van der Waals surface area contributed by atoms with Crippen LogP contribution >= 0.6 is 0 Å². The predicted octanol–water partition coefficient (Wildman–Crippen LogP) is 2.35. The Labute approximate surface area is 115 Å². The number of hydrogen-bond acceptors (Lipinski definition) is 3. The summed E-state index contributed by atoms with van der Waals surface area (Å²) in [6, 6.07) is 7.64. The van der Waals surface area contributed by atoms with E-state index in [1.165, 1.54) is 0 Å². The molecule has 0 aliphatic carbocycles. The van der Waals surface area contributed by atoms with Crippen LogP contribution in [0.2, 0.25) is 0 Å². The van der Waals surface area contributed by atoms with E-state index in [9.17, 15) is 4.79 Å². The van der Waals surface area contributed by atoms with E-state index in [1.807, 2.05) is 57.0 Å². The van der Waals surface area contributed by atoms with E-state index >= 15 is 0 Å². The molecule has 0 aliphatic heterocycles. The van der Waals surface area contributed by atoms with Crippen LogP contribution in [0, 0.1) is 11.8 Å². The second kappa shape index (κ2) is 7.14. The zero-order valence-electron chi connectivity index (χ0n) is 12.2. The summed E-state index contributed by atoms with van der Waals surface area (Å²) in [7, 11) is 1.92. The number of anilines is 2. The van der Waals surface area contributed by atoms with Crippen LogP contribution in [0.25, 0.3) is 0 Å². The number of rotatable bonds is 6. The van der Waals surface area contributed by atoms with Crippen molar-refractivity contribution in [3.05, 3.63) is 24.3 Å². The molecule has 0 spiro atoms. The molecule has 1 rings (SSSR count). The van der Waals surface area contributed by atoms with Crippen molar-refractivity contribution in [2.24, 2.45) is 11.8 Å². The fourth-order valence-corrected chi connectivity index (χ4v) is 1.64. The number of likely N-dealkylation sites (N-methyl/N-ethyl adjacent to an activating group) is 1. The number of nitrogens with zero attached hydrogens (tertiary/aromatic N) is 1. The third kappa shape index (κ3) is 4.56. The van der Waals surface area contributed by atoms with Crippen molar-refractivity contribution in [2.45, 2.75) is 20.8 Å². The Balaban J connectivity index is 2.64. The number of hydrogen-bond donors (Lipinski definition) is 2. The monoisotopic (exact) mass is 264 g/mol. The normalized spacial score (nSPS) is 12.3. The number of carbonyl (C=O) groups is 1. The third-order valence-electron chi connectivity index (χ3n) is 3.42. The van der Waals surface area contributed by atoms with Crippen LogP contribution in [-0.4, -0.2) is 31.2 Å². The molecule has 1 aromatic carbocycles. The van der Waals surface area contributed by atoms with Gasteiger partial charge in [0.15, 0.2) is 0 Å². The molecule has 106 valence electrons. The third-order valence-corrected chi connectivity index (χ3v) is 3.42. The van der Waals surface area contributed by atoms with Gasteiger partial charge in [-0.25, -0.2) is 0 Å². The molecule has 0 aliphatic rings. The maximum Gasteiger partial charge on any atom is 0.227 e. The fourth-order valence-electron chi connectivity index (χ4n) is 1.64. The standard InChI is InChI=1S/C15H24N2O2/c1-11(2)12(3)15(19)16-13-5-7-14(8-6-13)17(4)9-10-18/h5-8,11-12,18H,9-10H2,1-4H3,(H,16,19). The van der Waals surface area contributed by atoms with E-state index in [-0.39, 0.29) is 18.4 Å². The number of nitrogens with one attached hydrogen (secondary N) is 1. The van der Waals surface area contributed by atoms with Crippen LogP contribution in [0.1, 0.15) is 20.8 Å². The Morgan fingerprint density at radius 3 is 2.32 bits per heavy atom. The molecule has 0 bridgehead atoms. The number of aliphatic hydroxyl groups excluding tert-OH is 1. The summed E-state index contributed by atoms with van der Waals surface area (Å²) in [4.78, 5) is 13.9. The highest BCUT2D eigenvalue weighted by molar-refractivity contribution is 5.92. The van der Waals surface area contributed by atoms with E-state index in [0.717, 1.165) is 11.4 Å². The fraction of sp³-hybridized carbons (Fsp3) is 0.533. The maximum absolute atomic E-state index is 11.9. The molecule has 0 heterocycles. The Morgan fingerprint density at radius 2 is 1.84 bits per heavy atom. The summed E-state index contributed by atoms with van der Waals surface area (Å²) >= 11 is 0. The molecule has 1 aromatic rings. The van der Waals surface area contributed by atoms with Gasteiger partial charge in [-0.05, 0) is 30.2 Å². The van der Waals surface area contributed by atoms with Gasteiger partial charge >= 0.3 is 0 Å². The molecule has 0 saturated carbocycles. The lowest BCUT2D eigenvalue weighted by Gasteiger charge is -2.19. The Morgan fingerprint density at radius 1 is 1.26 bits per heavy atom. The van der Waals surface area contributed by atoms with E-state index in [4.69, 9.17) is 5.11 Å². The van der Waals surface area contributed by atoms with Crippen LogP contribution in [-0.2, 0) is 4.79 Å². The minimum Gasteiger partial charge on any atom is -0.395 e. The van der Waals surface area contributed by atoms with Gasteiger partial charge in [0, 0.05) is 30.9 Å². The Bertz CT molecular complexity index is 401. The molecule has 0 saturated heterocycles. The molecule has 1 amide bonds. The number of amides is 1. The molecule has 0 aromatic heterocycles. The first-order valence-electron chi connectivity index (χ1n) is 6.68. The van der Waals surface area contributed by atoms with Crippen LogP contribution in [0.15, 0.2) is 24.3 Å². The molecule has 19 heavy (non-hydrogen) atoms. The zero-order valence-corrected chi connectivity index (χ0v) is 12.2. The van der Waals surface area contributed by atoms with Crippen molar-refractivity contribution in [3.8, 4) is 0 Å². The number of carbonyl (C=O) groups excluding carboxylic acids is 1. The summed E-state index contributed by atoms with van der Waals surface area (Å²) in [5, 5.41) is 11.8. The van der Waals surface area contributed by atoms with Crippen LogP contribution in [0.5, 0.6) is 0 Å². The minimum absolute atomic E-state index is 0.00302. The summed E-state index contributed by atoms with van der Waals surface area (Å²) in [6.45, 7) is 6.73. The molecule has 1 atom stereocenters. The summed E-state index contributed by atoms with van der Waals surface area (Å²) in [6.07, 6.45) is 0. The van der Waals surface area contributed by atoms with Gasteiger partial charge in [-0.15, -0.1) is 0 Å². The van der Waals surface area contributed by atoms with Crippen molar-refractivity contribution in [1.82, 2.24) is 0 Å². The van der Waals surface area contributed by atoms with Crippen molar-refractivity contribution in [1.29, 1.82) is 0 Å². The van der Waals surface area contributed by atoms with Gasteiger partial charge in [0.2, 0.25) is 5.91 Å². The van der Waals surface area contributed by atoms with Gasteiger partial charge in [0.25, 0.3) is 0 Å². The van der Waals surface area contributed by atoms with Gasteiger partial charge in [0.05, 0.1) is 6.61 Å². The second-order valence-electron chi connectivity index (χ2n) is 5.21. The van der Waals surface area contributed by atoms with Gasteiger partial charge < -0.3 is 15.3 Å². The number of benzene rings is 1. The maximum atomic E-state index is 11.9. The number of aliphatic hydroxyl groups is 1. The van der Waals surface area contributed by atoms with Crippen molar-refractivity contribution in [2.75, 3.05) is 30.4 Å². The molecule has 4 heteroatoms. The highest BCUT2D eigenvalue weighted by Crippen LogP contribution is 2.18. The first kappa shape index (κ1) is 15.5. The van der Waals surface area contributed by atoms with Crippen molar-refractivity contribution in [3.63, 3.8) is 0 Å². The lowest BCUT2D eigenvalue weighted by molar-refractivity contribution is -0.120. The van der Waals surface area contributed by atoms with Crippen molar-refractivity contribution >= 4 is 17.3 Å². The van der Waals surface area contributed by atoms with Crippen molar-refractivity contribution < 1.29 is 9.90 Å². The Hall–Kier alpha value is -1.55. The SMILES string of the molecule is CC(C)C(C)C(=O)Nc1ccc(N(C)CCO)cc1. The first-order valence-corrected chi connectivity index (χ1v) is 6.68. The van der Waals surface area contributed by atoms with Crippen LogP contribution in [0.3, 0.4) is 0 Å². The quantitative estimate of drug-likeness (QED) is 0.829. The highest BCUT2D eigenvalue weighted by Gasteiger charge is 2.16. The molecular weight excluding hydrogens is 240 g/mol. The molecule has 0 fully saturated rings. The van der Waals surface area contributed by atoms with Gasteiger partial charge in [0.1, 0.15) is 0 Å². The molecule has 1 unspecified atom stereocenters. The molecular formula is C15H24N2O2. The molecule has 4 nitrogen and oxygen atoms in total. The summed E-state index contributed by atoms with van der Waals surface area (Å²) in [5.74, 6) is 0.373. The smallest absolute Gasteiger partial charge is 0.227 e. The average molecular weight is 264 g/mol. The lowest BCUT2D eigenvalue weighted by Crippen LogP contribution is -2.24. The van der Waals surface area contributed by atoms with Gasteiger partial charge in [-0.2, -0.15) is 0 Å². The van der Waals surface area contributed by atoms with E-state index in [0.29, 0.717) is 12.5 Å². The topological polar surface area (TPSA) is 52.6 Å². The lowest BCUT2D eigenvalue weighted by atomic mass is 9.97. The summed E-state index contributed by atoms with van der Waals surface area (Å²) < 4.78 is 0. The van der Waals surface area contributed by atoms with Crippen LogP contribution < -0.4 is 10.2 Å². The largest absolute Gasteiger partial charge is 0.395 e. The first-order chi connectivity index (χ1) is 8.95. The van der Waals surface area contributed by atoms with Gasteiger partial charge in [-0.3, -0.25) is 4.79 Å². The second-order valence-corrected chi connectivity index (χ2v) is 5.21.